The smallest absolute Gasteiger partial charge is 0.177 e. The first-order valence-electron chi connectivity index (χ1n) is 2.71. The third-order valence-corrected chi connectivity index (χ3v) is 1.19. The fourth-order valence-electron chi connectivity index (χ4n) is 0.775. The van der Waals surface area contributed by atoms with Crippen LogP contribution < -0.4 is 0 Å². The van der Waals surface area contributed by atoms with Gasteiger partial charge in [0.05, 0.1) is 11.8 Å². The van der Waals surface area contributed by atoms with Crippen molar-refractivity contribution in [3.05, 3.63) is 24.7 Å². The topological polar surface area (TPSA) is 41.6 Å². The SMILES string of the molecule is I.c1cnc2nc[nH]c2c1. The Kier molecular flexibility index (Phi) is 2.21. The molecule has 0 aliphatic heterocycles. The third kappa shape index (κ3) is 1.11. The minimum Gasteiger partial charge on any atom is -0.343 e. The number of hydrogen-bond acceptors (Lipinski definition) is 2. The minimum atomic E-state index is 0. The van der Waals surface area contributed by atoms with Crippen molar-refractivity contribution in [1.29, 1.82) is 0 Å². The first kappa shape index (κ1) is 7.46. The van der Waals surface area contributed by atoms with Crippen LogP contribution in [-0.4, -0.2) is 15.0 Å². The van der Waals surface area contributed by atoms with Gasteiger partial charge in [0.25, 0.3) is 0 Å². The van der Waals surface area contributed by atoms with Gasteiger partial charge in [-0.05, 0) is 12.1 Å². The molecule has 0 atom stereocenters. The molecule has 0 radical (unpaired) electrons. The molecule has 0 bridgehead atoms. The predicted molar refractivity (Wildman–Crippen MR) is 49.3 cm³/mol. The Bertz CT molecular complexity index is 287. The number of nitrogens with zero attached hydrogens (tertiary/aromatic N) is 2. The Morgan fingerprint density at radius 2 is 2.20 bits per heavy atom. The molecule has 1 N–H and O–H groups in total. The van der Waals surface area contributed by atoms with Gasteiger partial charge in [-0.1, -0.05) is 0 Å². The third-order valence-electron chi connectivity index (χ3n) is 1.19. The molecule has 2 heterocycles. The zero-order chi connectivity index (χ0) is 6.10. The van der Waals surface area contributed by atoms with Crippen molar-refractivity contribution in [3.63, 3.8) is 0 Å². The summed E-state index contributed by atoms with van der Waals surface area (Å²) in [6.07, 6.45) is 3.36. The van der Waals surface area contributed by atoms with E-state index in [1.165, 1.54) is 0 Å². The second kappa shape index (κ2) is 2.96. The van der Waals surface area contributed by atoms with Crippen LogP contribution in [0.2, 0.25) is 0 Å². The number of fused-ring (bicyclic) bond motifs is 1. The van der Waals surface area contributed by atoms with Crippen molar-refractivity contribution in [2.45, 2.75) is 0 Å². The molecule has 0 amide bonds. The summed E-state index contributed by atoms with van der Waals surface area (Å²) < 4.78 is 0. The number of rotatable bonds is 0. The van der Waals surface area contributed by atoms with Crippen molar-refractivity contribution in [3.8, 4) is 0 Å². The zero-order valence-electron chi connectivity index (χ0n) is 5.11. The average molecular weight is 247 g/mol. The normalized spacial score (nSPS) is 9.20. The van der Waals surface area contributed by atoms with Crippen LogP contribution in [0.4, 0.5) is 0 Å². The number of imidazole rings is 1. The van der Waals surface area contributed by atoms with E-state index in [1.54, 1.807) is 12.5 Å². The maximum Gasteiger partial charge on any atom is 0.177 e. The molecule has 0 unspecified atom stereocenters. The van der Waals surface area contributed by atoms with Gasteiger partial charge >= 0.3 is 0 Å². The second-order valence-electron chi connectivity index (χ2n) is 1.78. The number of pyridine rings is 1. The fraction of sp³-hybridized carbons (Fsp3) is 0. The highest BCUT2D eigenvalue weighted by Gasteiger charge is 1.90. The first-order valence-corrected chi connectivity index (χ1v) is 2.71. The minimum absolute atomic E-state index is 0. The second-order valence-corrected chi connectivity index (χ2v) is 1.78. The molecule has 2 aromatic rings. The van der Waals surface area contributed by atoms with Gasteiger partial charge in [0.15, 0.2) is 5.65 Å². The Balaban J connectivity index is 0.000000500. The molecule has 0 saturated carbocycles. The molecule has 3 nitrogen and oxygen atoms in total. The van der Waals surface area contributed by atoms with Gasteiger partial charge in [0.2, 0.25) is 0 Å². The molecular weight excluding hydrogens is 241 g/mol. The largest absolute Gasteiger partial charge is 0.343 e. The van der Waals surface area contributed by atoms with Gasteiger partial charge in [-0.15, -0.1) is 24.0 Å². The highest BCUT2D eigenvalue weighted by molar-refractivity contribution is 14.0. The highest BCUT2D eigenvalue weighted by Crippen LogP contribution is 2.01. The summed E-state index contributed by atoms with van der Waals surface area (Å²) in [4.78, 5) is 10.9. The lowest BCUT2D eigenvalue weighted by Gasteiger charge is -1.80. The number of nitrogens with one attached hydrogen (secondary N) is 1. The molecular formula is C6H6IN3. The Hall–Kier alpha value is -0.650. The van der Waals surface area contributed by atoms with Crippen molar-refractivity contribution < 1.29 is 0 Å². The summed E-state index contributed by atoms with van der Waals surface area (Å²) in [6, 6.07) is 3.82. The molecule has 0 spiro atoms. The van der Waals surface area contributed by atoms with Crippen LogP contribution in [0.15, 0.2) is 24.7 Å². The first-order chi connectivity index (χ1) is 4.47. The average Bonchev–Trinajstić information content (AvgIpc) is 2.33. The number of hydrogen-bond donors (Lipinski definition) is 1. The van der Waals surface area contributed by atoms with Crippen LogP contribution in [0.3, 0.4) is 0 Å². The van der Waals surface area contributed by atoms with Crippen molar-refractivity contribution in [2.75, 3.05) is 0 Å². The van der Waals surface area contributed by atoms with E-state index in [0.29, 0.717) is 0 Å². The molecule has 0 fully saturated rings. The summed E-state index contributed by atoms with van der Waals surface area (Å²) in [5.41, 5.74) is 1.76. The van der Waals surface area contributed by atoms with Crippen molar-refractivity contribution in [1.82, 2.24) is 15.0 Å². The van der Waals surface area contributed by atoms with Crippen LogP contribution in [0, 0.1) is 0 Å². The lowest BCUT2D eigenvalue weighted by molar-refractivity contribution is 1.30. The molecule has 4 heteroatoms. The van der Waals surface area contributed by atoms with E-state index in [4.69, 9.17) is 0 Å². The number of aromatic amines is 1. The van der Waals surface area contributed by atoms with Crippen LogP contribution in [-0.2, 0) is 0 Å². The van der Waals surface area contributed by atoms with Gasteiger partial charge in [0, 0.05) is 6.20 Å². The molecule has 0 aromatic carbocycles. The van der Waals surface area contributed by atoms with E-state index in [2.05, 4.69) is 15.0 Å². The number of aromatic nitrogens is 3. The summed E-state index contributed by atoms with van der Waals surface area (Å²) in [6.45, 7) is 0. The Morgan fingerprint density at radius 3 is 3.00 bits per heavy atom. The quantitative estimate of drug-likeness (QED) is 0.718. The van der Waals surface area contributed by atoms with E-state index >= 15 is 0 Å². The Morgan fingerprint density at radius 1 is 1.30 bits per heavy atom. The molecule has 0 aliphatic rings. The zero-order valence-corrected chi connectivity index (χ0v) is 7.44. The van der Waals surface area contributed by atoms with Crippen molar-refractivity contribution in [2.24, 2.45) is 0 Å². The van der Waals surface area contributed by atoms with E-state index in [0.717, 1.165) is 11.2 Å². The number of H-pyrrole nitrogens is 1. The van der Waals surface area contributed by atoms with Crippen LogP contribution in [0.5, 0.6) is 0 Å². The maximum atomic E-state index is 4.00. The predicted octanol–water partition coefficient (Wildman–Crippen LogP) is 1.58. The maximum absolute atomic E-state index is 4.00. The van der Waals surface area contributed by atoms with Crippen LogP contribution in [0.25, 0.3) is 11.2 Å². The van der Waals surface area contributed by atoms with E-state index in [-0.39, 0.29) is 24.0 Å². The molecule has 0 saturated heterocycles. The monoisotopic (exact) mass is 247 g/mol. The molecule has 10 heavy (non-hydrogen) atoms. The summed E-state index contributed by atoms with van der Waals surface area (Å²) in [5, 5.41) is 0. The molecule has 0 aliphatic carbocycles. The fourth-order valence-corrected chi connectivity index (χ4v) is 0.775. The van der Waals surface area contributed by atoms with Gasteiger partial charge in [-0.25, -0.2) is 9.97 Å². The molecule has 2 rings (SSSR count). The van der Waals surface area contributed by atoms with Crippen LogP contribution in [0.1, 0.15) is 0 Å². The van der Waals surface area contributed by atoms with Gasteiger partial charge in [-0.2, -0.15) is 0 Å². The van der Waals surface area contributed by atoms with Gasteiger partial charge < -0.3 is 4.98 Å². The van der Waals surface area contributed by atoms with E-state index in [1.807, 2.05) is 12.1 Å². The van der Waals surface area contributed by atoms with Crippen LogP contribution >= 0.6 is 24.0 Å². The Labute approximate surface area is 74.9 Å². The van der Waals surface area contributed by atoms with Crippen molar-refractivity contribution >= 4 is 35.1 Å². The van der Waals surface area contributed by atoms with Gasteiger partial charge in [-0.3, -0.25) is 0 Å². The lowest BCUT2D eigenvalue weighted by atomic mass is 10.4. The van der Waals surface area contributed by atoms with Gasteiger partial charge in [0.1, 0.15) is 0 Å². The van der Waals surface area contributed by atoms with E-state index < -0.39 is 0 Å². The lowest BCUT2D eigenvalue weighted by Crippen LogP contribution is -1.71. The molecule has 2 aromatic heterocycles. The molecule has 52 valence electrons. The van der Waals surface area contributed by atoms with E-state index in [9.17, 15) is 0 Å². The number of halogens is 1. The standard InChI is InChI=1S/C6H5N3.HI/c1-2-5-6(7-3-1)9-4-8-5;/h1-4H,(H,7,8,9);1H. The summed E-state index contributed by atoms with van der Waals surface area (Å²) in [7, 11) is 0. The summed E-state index contributed by atoms with van der Waals surface area (Å²) in [5.74, 6) is 0. The summed E-state index contributed by atoms with van der Waals surface area (Å²) >= 11 is 0. The highest BCUT2D eigenvalue weighted by atomic mass is 127.